The van der Waals surface area contributed by atoms with Crippen molar-refractivity contribution in [3.63, 3.8) is 0 Å². The fourth-order valence-electron chi connectivity index (χ4n) is 4.96. The number of aromatic nitrogens is 4. The summed E-state index contributed by atoms with van der Waals surface area (Å²) in [7, 11) is 1.65. The number of nitrogens with zero attached hydrogens (tertiary/aromatic N) is 6. The summed E-state index contributed by atoms with van der Waals surface area (Å²) in [6, 6.07) is 2.13. The Kier molecular flexibility index (Phi) is 6.61. The van der Waals surface area contributed by atoms with Crippen molar-refractivity contribution >= 4 is 23.9 Å². The highest BCUT2D eigenvalue weighted by Crippen LogP contribution is 2.38. The van der Waals surface area contributed by atoms with E-state index in [1.54, 1.807) is 18.1 Å². The quantitative estimate of drug-likeness (QED) is 0.501. The topological polar surface area (TPSA) is 118 Å². The van der Waals surface area contributed by atoms with E-state index in [0.29, 0.717) is 18.0 Å². The molecule has 0 atom stereocenters. The molecule has 35 heavy (non-hydrogen) atoms. The molecular formula is C24H29N7O3S. The lowest BCUT2D eigenvalue weighted by Crippen LogP contribution is -2.32. The second-order valence-corrected chi connectivity index (χ2v) is 9.71. The van der Waals surface area contributed by atoms with Crippen LogP contribution in [0.25, 0.3) is 11.3 Å². The SMILES string of the molecule is COc1c(C)cnc(Cn2nc3cc(CCN4CCCC4)c4c-3c(n2)C(NC(=O)O)=NSC4)c1C. The molecule has 2 N–H and O–H groups in total. The molecule has 0 spiro atoms. The molecule has 1 aromatic rings. The maximum Gasteiger partial charge on any atom is 0.410 e. The van der Waals surface area contributed by atoms with Gasteiger partial charge in [-0.25, -0.2) is 4.79 Å². The van der Waals surface area contributed by atoms with Gasteiger partial charge in [0.15, 0.2) is 5.84 Å². The van der Waals surface area contributed by atoms with Crippen LogP contribution in [0.15, 0.2) is 16.7 Å². The average molecular weight is 496 g/mol. The van der Waals surface area contributed by atoms with E-state index >= 15 is 0 Å². The van der Waals surface area contributed by atoms with E-state index in [1.165, 1.54) is 30.4 Å². The van der Waals surface area contributed by atoms with Gasteiger partial charge in [0, 0.05) is 35.2 Å². The van der Waals surface area contributed by atoms with E-state index in [-0.39, 0.29) is 5.84 Å². The number of hydrogen-bond donors (Lipinski definition) is 2. The smallest absolute Gasteiger partial charge is 0.410 e. The predicted octanol–water partition coefficient (Wildman–Crippen LogP) is 3.27. The second-order valence-electron chi connectivity index (χ2n) is 8.98. The number of carboxylic acid groups (broad SMARTS) is 1. The van der Waals surface area contributed by atoms with E-state index in [4.69, 9.17) is 14.9 Å². The van der Waals surface area contributed by atoms with Crippen LogP contribution in [-0.2, 0) is 18.7 Å². The molecule has 5 rings (SSSR count). The molecule has 1 fully saturated rings. The molecule has 0 unspecified atom stereocenters. The van der Waals surface area contributed by atoms with Gasteiger partial charge in [0.2, 0.25) is 0 Å². The van der Waals surface area contributed by atoms with Gasteiger partial charge in [0.1, 0.15) is 18.0 Å². The Balaban J connectivity index is 1.56. The van der Waals surface area contributed by atoms with E-state index in [9.17, 15) is 9.90 Å². The standard InChI is InChI=1S/C24H29N7O3S/c1-14-11-25-19(15(2)22(14)34-3)12-31-27-18-10-16(6-9-30-7-4-5-8-30)17-13-35-29-23(26-24(32)33)21(28-31)20(17)18/h10-11H,4-9,12-13H2,1-3H3,(H,26,29)(H,32,33). The zero-order chi connectivity index (χ0) is 24.5. The van der Waals surface area contributed by atoms with Gasteiger partial charge in [-0.15, -0.1) is 0 Å². The average Bonchev–Trinajstić information content (AvgIpc) is 3.42. The van der Waals surface area contributed by atoms with Crippen molar-refractivity contribution in [3.05, 3.63) is 45.9 Å². The summed E-state index contributed by atoms with van der Waals surface area (Å²) >= 11 is 1.33. The van der Waals surface area contributed by atoms with Crippen molar-refractivity contribution in [2.75, 3.05) is 26.7 Å². The first kappa shape index (κ1) is 23.6. The van der Waals surface area contributed by atoms with Crippen LogP contribution in [0.3, 0.4) is 0 Å². The number of methoxy groups -OCH3 is 1. The number of aryl methyl sites for hydroxylation is 1. The molecule has 4 heterocycles. The third-order valence-corrected chi connectivity index (χ3v) is 7.41. The summed E-state index contributed by atoms with van der Waals surface area (Å²) in [6.07, 6.45) is 4.05. The number of hydrogen-bond acceptors (Lipinski definition) is 8. The minimum atomic E-state index is -1.17. The first-order chi connectivity index (χ1) is 16.9. The van der Waals surface area contributed by atoms with Gasteiger partial charge in [-0.1, -0.05) is 0 Å². The van der Waals surface area contributed by atoms with Gasteiger partial charge in [-0.3, -0.25) is 10.3 Å². The number of amides is 1. The summed E-state index contributed by atoms with van der Waals surface area (Å²) in [6.45, 7) is 7.55. The molecule has 0 aromatic carbocycles. The van der Waals surface area contributed by atoms with E-state index in [2.05, 4.69) is 25.7 Å². The molecule has 1 aromatic heterocycles. The first-order valence-corrected chi connectivity index (χ1v) is 12.7. The number of ether oxygens (including phenoxy) is 1. The summed E-state index contributed by atoms with van der Waals surface area (Å²) in [4.78, 5) is 20.2. The van der Waals surface area contributed by atoms with Crippen LogP contribution in [-0.4, -0.2) is 68.7 Å². The molecule has 184 valence electrons. The third kappa shape index (κ3) is 4.70. The van der Waals surface area contributed by atoms with Gasteiger partial charge in [0.25, 0.3) is 0 Å². The van der Waals surface area contributed by atoms with Crippen LogP contribution in [0.1, 0.15) is 46.5 Å². The molecule has 0 bridgehead atoms. The second kappa shape index (κ2) is 9.82. The Morgan fingerprint density at radius 2 is 2.06 bits per heavy atom. The van der Waals surface area contributed by atoms with Gasteiger partial charge >= 0.3 is 6.09 Å². The molecule has 4 aliphatic rings. The number of amidine groups is 1. The van der Waals surface area contributed by atoms with Crippen LogP contribution in [0.4, 0.5) is 4.79 Å². The lowest BCUT2D eigenvalue weighted by Gasteiger charge is -2.15. The van der Waals surface area contributed by atoms with Crippen LogP contribution >= 0.6 is 11.9 Å². The van der Waals surface area contributed by atoms with E-state index in [1.807, 2.05) is 13.8 Å². The van der Waals surface area contributed by atoms with Gasteiger partial charge < -0.3 is 14.7 Å². The zero-order valence-electron chi connectivity index (χ0n) is 20.2. The maximum atomic E-state index is 11.5. The fourth-order valence-corrected chi connectivity index (χ4v) is 5.74. The van der Waals surface area contributed by atoms with Gasteiger partial charge in [0.05, 0.1) is 18.5 Å². The number of carbonyl (C=O) groups is 1. The summed E-state index contributed by atoms with van der Waals surface area (Å²) in [5.74, 6) is 1.67. The molecule has 3 aliphatic heterocycles. The van der Waals surface area contributed by atoms with Crippen molar-refractivity contribution in [2.24, 2.45) is 4.40 Å². The zero-order valence-corrected chi connectivity index (χ0v) is 21.0. The predicted molar refractivity (Wildman–Crippen MR) is 134 cm³/mol. The number of pyridine rings is 1. The largest absolute Gasteiger partial charge is 0.496 e. The van der Waals surface area contributed by atoms with Crippen LogP contribution in [0.2, 0.25) is 0 Å². The number of likely N-dealkylation sites (tertiary alicyclic amines) is 1. The molecule has 1 amide bonds. The van der Waals surface area contributed by atoms with Crippen molar-refractivity contribution < 1.29 is 14.6 Å². The Bertz CT molecular complexity index is 1270. The molecular weight excluding hydrogens is 466 g/mol. The highest BCUT2D eigenvalue weighted by atomic mass is 32.2. The molecule has 0 radical (unpaired) electrons. The van der Waals surface area contributed by atoms with Crippen LogP contribution < -0.4 is 10.1 Å². The summed E-state index contributed by atoms with van der Waals surface area (Å²) in [5.41, 5.74) is 7.22. The molecule has 1 aliphatic carbocycles. The Morgan fingerprint density at radius 1 is 1.26 bits per heavy atom. The Morgan fingerprint density at radius 3 is 2.80 bits per heavy atom. The van der Waals surface area contributed by atoms with Crippen LogP contribution in [0.5, 0.6) is 5.75 Å². The van der Waals surface area contributed by atoms with Gasteiger partial charge in [-0.2, -0.15) is 19.4 Å². The molecule has 11 heteroatoms. The minimum absolute atomic E-state index is 0.227. The normalized spacial score (nSPS) is 15.8. The number of rotatable bonds is 6. The molecule has 1 saturated heterocycles. The third-order valence-electron chi connectivity index (χ3n) is 6.68. The van der Waals surface area contributed by atoms with Crippen LogP contribution in [0, 0.1) is 13.8 Å². The first-order valence-electron chi connectivity index (χ1n) is 11.8. The highest BCUT2D eigenvalue weighted by molar-refractivity contribution is 7.97. The fraction of sp³-hybridized carbons (Fsp3) is 0.458. The highest BCUT2D eigenvalue weighted by Gasteiger charge is 2.29. The minimum Gasteiger partial charge on any atom is -0.496 e. The summed E-state index contributed by atoms with van der Waals surface area (Å²) < 4.78 is 10.0. The van der Waals surface area contributed by atoms with Crippen molar-refractivity contribution in [3.8, 4) is 17.0 Å². The monoisotopic (exact) mass is 495 g/mol. The number of nitrogens with one attached hydrogen (secondary N) is 1. The van der Waals surface area contributed by atoms with E-state index < -0.39 is 6.09 Å². The molecule has 0 saturated carbocycles. The van der Waals surface area contributed by atoms with E-state index in [0.717, 1.165) is 65.4 Å². The summed E-state index contributed by atoms with van der Waals surface area (Å²) in [5, 5.41) is 21.4. The van der Waals surface area contributed by atoms with Gasteiger partial charge in [-0.05, 0) is 75.3 Å². The van der Waals surface area contributed by atoms with Crippen molar-refractivity contribution in [1.82, 2.24) is 30.2 Å². The lowest BCUT2D eigenvalue weighted by atomic mass is 10.1. The van der Waals surface area contributed by atoms with Crippen molar-refractivity contribution in [2.45, 2.75) is 45.4 Å². The van der Waals surface area contributed by atoms with Crippen molar-refractivity contribution in [1.29, 1.82) is 0 Å². The Hall–Kier alpha value is -3.18. The lowest BCUT2D eigenvalue weighted by molar-refractivity contribution is 0.200. The maximum absolute atomic E-state index is 11.5. The Labute approximate surface area is 208 Å². The molecule has 10 nitrogen and oxygen atoms in total.